The second-order valence-corrected chi connectivity index (χ2v) is 5.50. The minimum atomic E-state index is -0.255. The van der Waals surface area contributed by atoms with Gasteiger partial charge in [0.05, 0.1) is 14.2 Å². The smallest absolute Gasteiger partial charge is 0.275 e. The first-order valence-electron chi connectivity index (χ1n) is 7.20. The van der Waals surface area contributed by atoms with E-state index in [1.807, 2.05) is 6.07 Å². The molecule has 0 aliphatic carbocycles. The summed E-state index contributed by atoms with van der Waals surface area (Å²) in [6, 6.07) is 12.5. The summed E-state index contributed by atoms with van der Waals surface area (Å²) in [5.74, 6) is 1.46. The molecule has 0 bridgehead atoms. The summed E-state index contributed by atoms with van der Waals surface area (Å²) >= 11 is 5.88. The van der Waals surface area contributed by atoms with E-state index in [9.17, 15) is 4.79 Å². The molecule has 6 heteroatoms. The van der Waals surface area contributed by atoms with Gasteiger partial charge in [0.1, 0.15) is 11.5 Å². The Balaban J connectivity index is 1.92. The normalized spacial score (nSPS) is 15.2. The highest BCUT2D eigenvalue weighted by atomic mass is 35.5. The Labute approximate surface area is 144 Å². The van der Waals surface area contributed by atoms with Crippen LogP contribution in [0.25, 0.3) is 6.08 Å². The predicted molar refractivity (Wildman–Crippen MR) is 93.7 cm³/mol. The zero-order valence-electron chi connectivity index (χ0n) is 13.2. The van der Waals surface area contributed by atoms with Gasteiger partial charge in [0.25, 0.3) is 5.91 Å². The zero-order valence-corrected chi connectivity index (χ0v) is 13.9. The lowest BCUT2D eigenvalue weighted by molar-refractivity contribution is -0.115. The highest BCUT2D eigenvalue weighted by Crippen LogP contribution is 2.29. The standard InChI is InChI=1S/C18H15ClN2O3/c1-23-15-8-3-11(10-16(15)24-2)9-14-18(22)21-17(20-14)12-4-6-13(19)7-5-12/h3-10H,1-2H3,(H,20,21,22)/b14-9+. The molecular weight excluding hydrogens is 328 g/mol. The van der Waals surface area contributed by atoms with Crippen LogP contribution in [0.3, 0.4) is 0 Å². The quantitative estimate of drug-likeness (QED) is 0.867. The molecule has 0 spiro atoms. The maximum Gasteiger partial charge on any atom is 0.275 e. The van der Waals surface area contributed by atoms with Crippen LogP contribution in [0.2, 0.25) is 5.02 Å². The average molecular weight is 343 g/mol. The van der Waals surface area contributed by atoms with Crippen LogP contribution in [0, 0.1) is 0 Å². The first kappa shape index (κ1) is 16.1. The monoisotopic (exact) mass is 342 g/mol. The van der Waals surface area contributed by atoms with Gasteiger partial charge in [0.15, 0.2) is 11.5 Å². The minimum Gasteiger partial charge on any atom is -0.493 e. The lowest BCUT2D eigenvalue weighted by atomic mass is 10.1. The second kappa shape index (κ2) is 6.76. The van der Waals surface area contributed by atoms with Gasteiger partial charge in [-0.3, -0.25) is 4.79 Å². The third-order valence-corrected chi connectivity index (χ3v) is 3.78. The molecule has 0 fully saturated rings. The Bertz CT molecular complexity index is 842. The van der Waals surface area contributed by atoms with Gasteiger partial charge in [-0.05, 0) is 48.0 Å². The maximum atomic E-state index is 12.1. The van der Waals surface area contributed by atoms with Crippen molar-refractivity contribution in [2.75, 3.05) is 14.2 Å². The molecule has 1 N–H and O–H groups in total. The number of nitrogens with zero attached hydrogens (tertiary/aromatic N) is 1. The van der Waals surface area contributed by atoms with Crippen LogP contribution in [-0.4, -0.2) is 26.0 Å². The highest BCUT2D eigenvalue weighted by Gasteiger charge is 2.21. The molecule has 0 unspecified atom stereocenters. The van der Waals surface area contributed by atoms with E-state index in [1.54, 1.807) is 56.7 Å². The number of hydrogen-bond donors (Lipinski definition) is 1. The van der Waals surface area contributed by atoms with Crippen LogP contribution >= 0.6 is 11.6 Å². The summed E-state index contributed by atoms with van der Waals surface area (Å²) in [5.41, 5.74) is 1.91. The van der Waals surface area contributed by atoms with Gasteiger partial charge in [-0.25, -0.2) is 4.99 Å². The fourth-order valence-corrected chi connectivity index (χ4v) is 2.44. The van der Waals surface area contributed by atoms with Crippen molar-refractivity contribution in [3.63, 3.8) is 0 Å². The molecule has 1 heterocycles. The molecule has 122 valence electrons. The van der Waals surface area contributed by atoms with Crippen molar-refractivity contribution in [3.05, 3.63) is 64.3 Å². The number of nitrogens with one attached hydrogen (secondary N) is 1. The highest BCUT2D eigenvalue weighted by molar-refractivity contribution is 6.30. The number of methoxy groups -OCH3 is 2. The molecule has 0 saturated heterocycles. The van der Waals surface area contributed by atoms with E-state index in [0.29, 0.717) is 28.1 Å². The summed E-state index contributed by atoms with van der Waals surface area (Å²) in [4.78, 5) is 16.5. The summed E-state index contributed by atoms with van der Waals surface area (Å²) in [6.45, 7) is 0. The third-order valence-electron chi connectivity index (χ3n) is 3.53. The number of amides is 1. The molecule has 0 radical (unpaired) electrons. The molecule has 0 saturated carbocycles. The van der Waals surface area contributed by atoms with Gasteiger partial charge >= 0.3 is 0 Å². The van der Waals surface area contributed by atoms with E-state index in [0.717, 1.165) is 11.1 Å². The SMILES string of the molecule is COc1ccc(/C=C2/N=C(c3ccc(Cl)cc3)NC2=O)cc1OC. The van der Waals surface area contributed by atoms with Crippen molar-refractivity contribution in [3.8, 4) is 11.5 Å². The van der Waals surface area contributed by atoms with E-state index in [4.69, 9.17) is 21.1 Å². The topological polar surface area (TPSA) is 59.9 Å². The summed E-state index contributed by atoms with van der Waals surface area (Å²) in [6.07, 6.45) is 1.69. The number of benzene rings is 2. The van der Waals surface area contributed by atoms with E-state index >= 15 is 0 Å². The molecule has 5 nitrogen and oxygen atoms in total. The lowest BCUT2D eigenvalue weighted by Crippen LogP contribution is -2.24. The van der Waals surface area contributed by atoms with Gasteiger partial charge in [-0.15, -0.1) is 0 Å². The van der Waals surface area contributed by atoms with Crippen molar-refractivity contribution in [1.29, 1.82) is 0 Å². The lowest BCUT2D eigenvalue weighted by Gasteiger charge is -2.07. The minimum absolute atomic E-state index is 0.255. The first-order valence-corrected chi connectivity index (χ1v) is 7.58. The molecular formula is C18H15ClN2O3. The van der Waals surface area contributed by atoms with Gasteiger partial charge in [0, 0.05) is 10.6 Å². The summed E-state index contributed by atoms with van der Waals surface area (Å²) in [5, 5.41) is 3.38. The number of ether oxygens (including phenoxy) is 2. The van der Waals surface area contributed by atoms with Crippen molar-refractivity contribution in [2.24, 2.45) is 4.99 Å². The van der Waals surface area contributed by atoms with E-state index in [1.165, 1.54) is 0 Å². The van der Waals surface area contributed by atoms with Crippen molar-refractivity contribution in [2.45, 2.75) is 0 Å². The number of amidine groups is 1. The summed E-state index contributed by atoms with van der Waals surface area (Å²) in [7, 11) is 3.14. The van der Waals surface area contributed by atoms with Crippen LogP contribution in [0.15, 0.2) is 53.2 Å². The number of carbonyl (C=O) groups excluding carboxylic acids is 1. The zero-order chi connectivity index (χ0) is 17.1. The Kier molecular flexibility index (Phi) is 4.53. The van der Waals surface area contributed by atoms with Gasteiger partial charge in [-0.2, -0.15) is 0 Å². The fourth-order valence-electron chi connectivity index (χ4n) is 2.31. The molecule has 1 aliphatic rings. The van der Waals surface area contributed by atoms with Crippen LogP contribution in [0.4, 0.5) is 0 Å². The number of aliphatic imine (C=N–C) groups is 1. The molecule has 0 aromatic heterocycles. The van der Waals surface area contributed by atoms with E-state index < -0.39 is 0 Å². The molecule has 2 aromatic carbocycles. The van der Waals surface area contributed by atoms with E-state index in [2.05, 4.69) is 10.3 Å². The number of hydrogen-bond acceptors (Lipinski definition) is 4. The van der Waals surface area contributed by atoms with Crippen LogP contribution < -0.4 is 14.8 Å². The van der Waals surface area contributed by atoms with Gasteiger partial charge < -0.3 is 14.8 Å². The Morgan fingerprint density at radius 1 is 1.04 bits per heavy atom. The van der Waals surface area contributed by atoms with E-state index in [-0.39, 0.29) is 5.91 Å². The molecule has 1 aliphatic heterocycles. The predicted octanol–water partition coefficient (Wildman–Crippen LogP) is 3.27. The van der Waals surface area contributed by atoms with Crippen LogP contribution in [0.5, 0.6) is 11.5 Å². The Hall–Kier alpha value is -2.79. The second-order valence-electron chi connectivity index (χ2n) is 5.07. The molecule has 3 rings (SSSR count). The molecule has 1 amide bonds. The molecule has 0 atom stereocenters. The van der Waals surface area contributed by atoms with Crippen LogP contribution in [0.1, 0.15) is 11.1 Å². The van der Waals surface area contributed by atoms with Gasteiger partial charge in [0.2, 0.25) is 0 Å². The fraction of sp³-hybridized carbons (Fsp3) is 0.111. The number of rotatable bonds is 4. The number of carbonyl (C=O) groups is 1. The Morgan fingerprint density at radius 2 is 1.75 bits per heavy atom. The molecule has 2 aromatic rings. The average Bonchev–Trinajstić information content (AvgIpc) is 2.96. The third kappa shape index (κ3) is 3.26. The first-order chi connectivity index (χ1) is 11.6. The number of halogens is 1. The van der Waals surface area contributed by atoms with Crippen molar-refractivity contribution in [1.82, 2.24) is 5.32 Å². The van der Waals surface area contributed by atoms with Crippen molar-refractivity contribution >= 4 is 29.4 Å². The summed E-state index contributed by atoms with van der Waals surface area (Å²) < 4.78 is 10.5. The largest absolute Gasteiger partial charge is 0.493 e. The van der Waals surface area contributed by atoms with Crippen LogP contribution in [-0.2, 0) is 4.79 Å². The maximum absolute atomic E-state index is 12.1. The van der Waals surface area contributed by atoms with Gasteiger partial charge in [-0.1, -0.05) is 17.7 Å². The molecule has 24 heavy (non-hydrogen) atoms. The Morgan fingerprint density at radius 3 is 2.42 bits per heavy atom. The van der Waals surface area contributed by atoms with Crippen molar-refractivity contribution < 1.29 is 14.3 Å².